The topological polar surface area (TPSA) is 55.2 Å². The molecule has 0 amide bonds. The maximum absolute atomic E-state index is 10.8. The molecule has 0 saturated heterocycles. The normalized spacial score (nSPS) is 12.1. The third kappa shape index (κ3) is 3.88. The van der Waals surface area contributed by atoms with E-state index >= 15 is 0 Å². The van der Waals surface area contributed by atoms with E-state index < -0.39 is 0 Å². The molecule has 1 N–H and O–H groups in total. The van der Waals surface area contributed by atoms with Crippen molar-refractivity contribution in [2.75, 3.05) is 0 Å². The van der Waals surface area contributed by atoms with E-state index in [-0.39, 0.29) is 16.7 Å². The van der Waals surface area contributed by atoms with Crippen molar-refractivity contribution in [1.29, 1.82) is 0 Å². The minimum absolute atomic E-state index is 0.0499. The summed E-state index contributed by atoms with van der Waals surface area (Å²) >= 11 is 3.44. The van der Waals surface area contributed by atoms with Crippen LogP contribution in [0.4, 0.5) is 5.69 Å². The fraction of sp³-hybridized carbons (Fsp3) is 0.200. The average Bonchev–Trinajstić information content (AvgIpc) is 2.45. The third-order valence-corrected chi connectivity index (χ3v) is 3.58. The van der Waals surface area contributed by atoms with Crippen LogP contribution >= 0.6 is 15.9 Å². The summed E-state index contributed by atoms with van der Waals surface area (Å²) in [5, 5.41) is 14.1. The number of nitrogens with zero attached hydrogens (tertiary/aromatic N) is 1. The lowest BCUT2D eigenvalue weighted by atomic mass is 10.1. The van der Waals surface area contributed by atoms with E-state index in [1.165, 1.54) is 6.07 Å². The summed E-state index contributed by atoms with van der Waals surface area (Å²) in [5.41, 5.74) is 2.20. The first kappa shape index (κ1) is 14.7. The zero-order valence-electron chi connectivity index (χ0n) is 11.0. The number of nitro benzene ring substituents is 1. The van der Waals surface area contributed by atoms with Crippen molar-refractivity contribution in [3.05, 3.63) is 74.2 Å². The van der Waals surface area contributed by atoms with Gasteiger partial charge in [0.15, 0.2) is 0 Å². The van der Waals surface area contributed by atoms with E-state index in [4.69, 9.17) is 0 Å². The molecule has 104 valence electrons. The summed E-state index contributed by atoms with van der Waals surface area (Å²) < 4.78 is 1.04. The van der Waals surface area contributed by atoms with Crippen molar-refractivity contribution < 1.29 is 4.92 Å². The molecule has 1 atom stereocenters. The van der Waals surface area contributed by atoms with Crippen LogP contribution in [0.1, 0.15) is 24.1 Å². The Morgan fingerprint density at radius 1 is 1.25 bits per heavy atom. The van der Waals surface area contributed by atoms with Crippen molar-refractivity contribution in [3.63, 3.8) is 0 Å². The number of hydrogen-bond donors (Lipinski definition) is 1. The molecular formula is C15H15BrN2O2. The SMILES string of the molecule is CC(NCc1cccc(Br)c1)c1cccc([N+](=O)[O-])c1. The molecule has 0 aliphatic heterocycles. The van der Waals surface area contributed by atoms with Gasteiger partial charge in [-0.15, -0.1) is 0 Å². The molecule has 0 bridgehead atoms. The van der Waals surface area contributed by atoms with E-state index in [0.29, 0.717) is 6.54 Å². The predicted molar refractivity (Wildman–Crippen MR) is 82.5 cm³/mol. The lowest BCUT2D eigenvalue weighted by Gasteiger charge is -2.14. The van der Waals surface area contributed by atoms with Crippen LogP contribution in [0.5, 0.6) is 0 Å². The first-order valence-electron chi connectivity index (χ1n) is 6.28. The molecule has 2 aromatic carbocycles. The summed E-state index contributed by atoms with van der Waals surface area (Å²) in [6.45, 7) is 2.71. The van der Waals surface area contributed by atoms with Gasteiger partial charge in [0.2, 0.25) is 0 Å². The van der Waals surface area contributed by atoms with Crippen LogP contribution in [0.15, 0.2) is 53.0 Å². The van der Waals surface area contributed by atoms with Crippen molar-refractivity contribution >= 4 is 21.6 Å². The first-order valence-corrected chi connectivity index (χ1v) is 7.08. The van der Waals surface area contributed by atoms with Gasteiger partial charge in [-0.1, -0.05) is 40.2 Å². The number of hydrogen-bond acceptors (Lipinski definition) is 3. The van der Waals surface area contributed by atoms with Crippen molar-refractivity contribution in [3.8, 4) is 0 Å². The van der Waals surface area contributed by atoms with Crippen LogP contribution in [0.2, 0.25) is 0 Å². The number of nitrogens with one attached hydrogen (secondary N) is 1. The molecule has 0 saturated carbocycles. The average molecular weight is 335 g/mol. The second-order valence-corrected chi connectivity index (χ2v) is 5.50. The largest absolute Gasteiger partial charge is 0.306 e. The number of rotatable bonds is 5. The van der Waals surface area contributed by atoms with Gasteiger partial charge >= 0.3 is 0 Å². The van der Waals surface area contributed by atoms with Crippen LogP contribution in [0.25, 0.3) is 0 Å². The van der Waals surface area contributed by atoms with Crippen LogP contribution in [0.3, 0.4) is 0 Å². The lowest BCUT2D eigenvalue weighted by molar-refractivity contribution is -0.384. The Bertz CT molecular complexity index is 616. The number of nitro groups is 1. The van der Waals surface area contributed by atoms with Gasteiger partial charge in [-0.2, -0.15) is 0 Å². The predicted octanol–water partition coefficient (Wildman–Crippen LogP) is 4.21. The standard InChI is InChI=1S/C15H15BrN2O2/c1-11(13-5-3-7-15(9-13)18(19)20)17-10-12-4-2-6-14(16)8-12/h2-9,11,17H,10H2,1H3. The molecule has 2 aromatic rings. The summed E-state index contributed by atoms with van der Waals surface area (Å²) in [5.74, 6) is 0. The van der Waals surface area contributed by atoms with Gasteiger partial charge in [0.05, 0.1) is 4.92 Å². The zero-order chi connectivity index (χ0) is 14.5. The Morgan fingerprint density at radius 3 is 2.70 bits per heavy atom. The summed E-state index contributed by atoms with van der Waals surface area (Å²) in [6, 6.07) is 14.8. The van der Waals surface area contributed by atoms with E-state index in [1.807, 2.05) is 37.3 Å². The maximum Gasteiger partial charge on any atom is 0.269 e. The second-order valence-electron chi connectivity index (χ2n) is 4.58. The smallest absolute Gasteiger partial charge is 0.269 e. The Labute approximate surface area is 126 Å². The fourth-order valence-electron chi connectivity index (χ4n) is 1.94. The van der Waals surface area contributed by atoms with E-state index in [1.54, 1.807) is 12.1 Å². The van der Waals surface area contributed by atoms with Crippen LogP contribution in [-0.4, -0.2) is 4.92 Å². The van der Waals surface area contributed by atoms with Crippen LogP contribution < -0.4 is 5.32 Å². The Hall–Kier alpha value is -1.72. The number of halogens is 1. The van der Waals surface area contributed by atoms with Gasteiger partial charge in [-0.3, -0.25) is 10.1 Å². The molecule has 1 unspecified atom stereocenters. The van der Waals surface area contributed by atoms with Crippen molar-refractivity contribution in [2.45, 2.75) is 19.5 Å². The van der Waals surface area contributed by atoms with Crippen molar-refractivity contribution in [1.82, 2.24) is 5.32 Å². The van der Waals surface area contributed by atoms with Gasteiger partial charge < -0.3 is 5.32 Å². The molecule has 2 rings (SSSR count). The molecule has 0 aromatic heterocycles. The summed E-state index contributed by atoms with van der Waals surface area (Å²) in [7, 11) is 0. The van der Waals surface area contributed by atoms with Gasteiger partial charge in [0, 0.05) is 29.2 Å². The fourth-order valence-corrected chi connectivity index (χ4v) is 2.39. The highest BCUT2D eigenvalue weighted by molar-refractivity contribution is 9.10. The van der Waals surface area contributed by atoms with Gasteiger partial charge in [-0.05, 0) is 30.2 Å². The molecule has 0 spiro atoms. The molecule has 0 radical (unpaired) electrons. The van der Waals surface area contributed by atoms with Crippen LogP contribution in [0, 0.1) is 10.1 Å². The maximum atomic E-state index is 10.8. The third-order valence-electron chi connectivity index (χ3n) is 3.08. The van der Waals surface area contributed by atoms with Gasteiger partial charge in [0.25, 0.3) is 5.69 Å². The first-order chi connectivity index (χ1) is 9.56. The minimum Gasteiger partial charge on any atom is -0.306 e. The minimum atomic E-state index is -0.371. The van der Waals surface area contributed by atoms with Crippen molar-refractivity contribution in [2.24, 2.45) is 0 Å². The molecule has 4 nitrogen and oxygen atoms in total. The Balaban J connectivity index is 2.03. The lowest BCUT2D eigenvalue weighted by Crippen LogP contribution is -2.18. The summed E-state index contributed by atoms with van der Waals surface area (Å²) in [4.78, 5) is 10.4. The highest BCUT2D eigenvalue weighted by Gasteiger charge is 2.10. The second kappa shape index (κ2) is 6.63. The molecule has 0 heterocycles. The molecular weight excluding hydrogens is 320 g/mol. The highest BCUT2D eigenvalue weighted by Crippen LogP contribution is 2.19. The quantitative estimate of drug-likeness (QED) is 0.658. The Kier molecular flexibility index (Phi) is 4.87. The molecule has 0 fully saturated rings. The van der Waals surface area contributed by atoms with E-state index in [2.05, 4.69) is 21.2 Å². The molecule has 5 heteroatoms. The summed E-state index contributed by atoms with van der Waals surface area (Å²) in [6.07, 6.45) is 0. The zero-order valence-corrected chi connectivity index (χ0v) is 12.6. The number of non-ortho nitro benzene ring substituents is 1. The number of benzene rings is 2. The monoisotopic (exact) mass is 334 g/mol. The highest BCUT2D eigenvalue weighted by atomic mass is 79.9. The molecule has 0 aliphatic rings. The molecule has 20 heavy (non-hydrogen) atoms. The van der Waals surface area contributed by atoms with Gasteiger partial charge in [0.1, 0.15) is 0 Å². The van der Waals surface area contributed by atoms with E-state index in [0.717, 1.165) is 15.6 Å². The van der Waals surface area contributed by atoms with E-state index in [9.17, 15) is 10.1 Å². The molecule has 0 aliphatic carbocycles. The van der Waals surface area contributed by atoms with Crippen LogP contribution in [-0.2, 0) is 6.54 Å². The Morgan fingerprint density at radius 2 is 2.00 bits per heavy atom. The van der Waals surface area contributed by atoms with Gasteiger partial charge in [-0.25, -0.2) is 0 Å².